The molecule has 0 aliphatic heterocycles. The number of nitrogen functional groups attached to an aromatic ring is 1. The fraction of sp³-hybridized carbons (Fsp3) is 0. The Labute approximate surface area is 125 Å². The Morgan fingerprint density at radius 3 is 2.00 bits per heavy atom. The highest BCUT2D eigenvalue weighted by Gasteiger charge is 2.16. The number of rotatable bonds is 2. The van der Waals surface area contributed by atoms with Crippen molar-refractivity contribution in [3.8, 4) is 22.9 Å². The fourth-order valence-corrected chi connectivity index (χ4v) is 2.30. The van der Waals surface area contributed by atoms with E-state index in [1.54, 1.807) is 35.0 Å². The highest BCUT2D eigenvalue weighted by Crippen LogP contribution is 2.31. The van der Waals surface area contributed by atoms with Crippen LogP contribution >= 0.6 is 0 Å². The molecular weight excluding hydrogens is 284 g/mol. The number of nitriles is 1. The summed E-state index contributed by atoms with van der Waals surface area (Å²) in [6.45, 7) is 0. The largest absolute Gasteiger partial charge is 0.384 e. The van der Waals surface area contributed by atoms with Crippen LogP contribution in [0.2, 0.25) is 0 Å². The summed E-state index contributed by atoms with van der Waals surface area (Å²) in [7, 11) is 0. The molecule has 3 aromatic rings. The van der Waals surface area contributed by atoms with E-state index in [9.17, 15) is 14.0 Å². The minimum Gasteiger partial charge on any atom is -0.384 e. The van der Waals surface area contributed by atoms with Gasteiger partial charge in [0.25, 0.3) is 0 Å². The zero-order valence-electron chi connectivity index (χ0n) is 11.4. The summed E-state index contributed by atoms with van der Waals surface area (Å²) in [6, 6.07) is 13.7. The third-order valence-electron chi connectivity index (χ3n) is 3.42. The smallest absolute Gasteiger partial charge is 0.126 e. The van der Waals surface area contributed by atoms with Crippen LogP contribution in [0.15, 0.2) is 54.7 Å². The van der Waals surface area contributed by atoms with Gasteiger partial charge in [0.2, 0.25) is 0 Å². The topological polar surface area (TPSA) is 54.7 Å². The Hall–Kier alpha value is -3.13. The molecule has 1 aromatic heterocycles. The molecule has 3 nitrogen and oxygen atoms in total. The van der Waals surface area contributed by atoms with E-state index >= 15 is 0 Å². The lowest BCUT2D eigenvalue weighted by Gasteiger charge is -2.05. The molecule has 0 bridgehead atoms. The summed E-state index contributed by atoms with van der Waals surface area (Å²) in [5.74, 6) is -0.449. The average Bonchev–Trinajstić information content (AvgIpc) is 2.85. The second-order valence-corrected chi connectivity index (χ2v) is 4.77. The zero-order valence-corrected chi connectivity index (χ0v) is 11.4. The van der Waals surface area contributed by atoms with Gasteiger partial charge in [0, 0.05) is 17.4 Å². The maximum atomic E-state index is 13.0. The molecule has 0 radical (unpaired) electrons. The monoisotopic (exact) mass is 295 g/mol. The van der Waals surface area contributed by atoms with Gasteiger partial charge in [-0.2, -0.15) is 5.26 Å². The molecule has 5 heteroatoms. The van der Waals surface area contributed by atoms with Crippen molar-refractivity contribution >= 4 is 5.82 Å². The molecule has 0 saturated heterocycles. The van der Waals surface area contributed by atoms with Crippen LogP contribution in [0.3, 0.4) is 0 Å². The first-order valence-electron chi connectivity index (χ1n) is 6.53. The van der Waals surface area contributed by atoms with Gasteiger partial charge in [-0.15, -0.1) is 0 Å². The summed E-state index contributed by atoms with van der Waals surface area (Å²) in [4.78, 5) is 0. The molecule has 0 unspecified atom stereocenters. The maximum absolute atomic E-state index is 13.0. The molecule has 0 atom stereocenters. The van der Waals surface area contributed by atoms with E-state index < -0.39 is 0 Å². The Balaban J connectivity index is 2.17. The molecule has 3 rings (SSSR count). The summed E-state index contributed by atoms with van der Waals surface area (Å²) in [5.41, 5.74) is 8.26. The third kappa shape index (κ3) is 2.31. The number of anilines is 1. The normalized spacial score (nSPS) is 10.4. The van der Waals surface area contributed by atoms with Crippen LogP contribution in [0.1, 0.15) is 5.56 Å². The van der Waals surface area contributed by atoms with Gasteiger partial charge in [-0.3, -0.25) is 0 Å². The number of benzene rings is 2. The molecule has 108 valence electrons. The van der Waals surface area contributed by atoms with Crippen LogP contribution in [0.4, 0.5) is 14.6 Å². The second-order valence-electron chi connectivity index (χ2n) is 4.77. The van der Waals surface area contributed by atoms with E-state index in [1.165, 1.54) is 24.3 Å². The van der Waals surface area contributed by atoms with Gasteiger partial charge in [0.1, 0.15) is 29.1 Å². The van der Waals surface area contributed by atoms with Crippen molar-refractivity contribution in [1.29, 1.82) is 5.26 Å². The molecule has 0 saturated carbocycles. The number of aromatic nitrogens is 1. The molecule has 2 aromatic carbocycles. The molecule has 2 N–H and O–H groups in total. The van der Waals surface area contributed by atoms with Crippen LogP contribution in [0, 0.1) is 23.0 Å². The SMILES string of the molecule is N#Cc1c(-c2ccc(F)cc2)cn(-c2ccc(F)cc2)c1N. The maximum Gasteiger partial charge on any atom is 0.126 e. The first-order valence-corrected chi connectivity index (χ1v) is 6.53. The summed E-state index contributed by atoms with van der Waals surface area (Å²) in [5, 5.41) is 9.34. The minimum absolute atomic E-state index is 0.258. The first-order chi connectivity index (χ1) is 10.6. The van der Waals surface area contributed by atoms with Gasteiger partial charge in [0.15, 0.2) is 0 Å². The van der Waals surface area contributed by atoms with Gasteiger partial charge < -0.3 is 10.3 Å². The van der Waals surface area contributed by atoms with E-state index in [0.29, 0.717) is 22.4 Å². The number of nitrogens with two attached hydrogens (primary N) is 1. The highest BCUT2D eigenvalue weighted by atomic mass is 19.1. The van der Waals surface area contributed by atoms with Crippen molar-refractivity contribution in [1.82, 2.24) is 4.57 Å². The standard InChI is InChI=1S/C17H11F2N3/c18-12-3-1-11(2-4-12)16-10-22(17(21)15(16)9-20)14-7-5-13(19)6-8-14/h1-8,10H,21H2. The van der Waals surface area contributed by atoms with E-state index in [0.717, 1.165) is 0 Å². The third-order valence-corrected chi connectivity index (χ3v) is 3.42. The molecule has 0 aliphatic carbocycles. The molecule has 0 aliphatic rings. The van der Waals surface area contributed by atoms with E-state index in [-0.39, 0.29) is 17.5 Å². The Morgan fingerprint density at radius 1 is 0.909 bits per heavy atom. The van der Waals surface area contributed by atoms with Crippen LogP contribution in [0.5, 0.6) is 0 Å². The van der Waals surface area contributed by atoms with Gasteiger partial charge in [-0.05, 0) is 42.0 Å². The lowest BCUT2D eigenvalue weighted by molar-refractivity contribution is 0.627. The Morgan fingerprint density at radius 2 is 1.45 bits per heavy atom. The molecule has 0 fully saturated rings. The number of nitrogens with zero attached hydrogens (tertiary/aromatic N) is 2. The lowest BCUT2D eigenvalue weighted by atomic mass is 10.1. The Bertz CT molecular complexity index is 857. The van der Waals surface area contributed by atoms with Crippen molar-refractivity contribution in [3.05, 3.63) is 71.9 Å². The molecule has 22 heavy (non-hydrogen) atoms. The second kappa shape index (κ2) is 5.34. The number of hydrogen-bond donors (Lipinski definition) is 1. The van der Waals surface area contributed by atoms with Crippen LogP contribution in [0.25, 0.3) is 16.8 Å². The predicted octanol–water partition coefficient (Wildman–Crippen LogP) is 3.88. The zero-order chi connectivity index (χ0) is 15.7. The first kappa shape index (κ1) is 13.8. The fourth-order valence-electron chi connectivity index (χ4n) is 2.30. The number of halogens is 2. The van der Waals surface area contributed by atoms with Crippen LogP contribution in [-0.2, 0) is 0 Å². The van der Waals surface area contributed by atoms with Crippen LogP contribution < -0.4 is 5.73 Å². The predicted molar refractivity (Wildman–Crippen MR) is 80.2 cm³/mol. The Kier molecular flexibility index (Phi) is 3.36. The van der Waals surface area contributed by atoms with Gasteiger partial charge in [-0.1, -0.05) is 12.1 Å². The molecular formula is C17H11F2N3. The molecule has 1 heterocycles. The van der Waals surface area contributed by atoms with Crippen molar-refractivity contribution < 1.29 is 8.78 Å². The average molecular weight is 295 g/mol. The summed E-state index contributed by atoms with van der Waals surface area (Å²) in [6.07, 6.45) is 1.69. The van der Waals surface area contributed by atoms with Gasteiger partial charge in [0.05, 0.1) is 0 Å². The quantitative estimate of drug-likeness (QED) is 0.780. The lowest BCUT2D eigenvalue weighted by Crippen LogP contribution is -1.99. The van der Waals surface area contributed by atoms with Crippen molar-refractivity contribution in [2.24, 2.45) is 0 Å². The van der Waals surface area contributed by atoms with E-state index in [1.807, 2.05) is 0 Å². The minimum atomic E-state index is -0.354. The van der Waals surface area contributed by atoms with Crippen molar-refractivity contribution in [2.75, 3.05) is 5.73 Å². The molecule has 0 spiro atoms. The molecule has 0 amide bonds. The van der Waals surface area contributed by atoms with Gasteiger partial charge in [-0.25, -0.2) is 8.78 Å². The highest BCUT2D eigenvalue weighted by molar-refractivity contribution is 5.77. The summed E-state index contributed by atoms with van der Waals surface area (Å²) < 4.78 is 27.7. The van der Waals surface area contributed by atoms with E-state index in [4.69, 9.17) is 5.73 Å². The van der Waals surface area contributed by atoms with Crippen molar-refractivity contribution in [2.45, 2.75) is 0 Å². The van der Waals surface area contributed by atoms with Crippen LogP contribution in [-0.4, -0.2) is 4.57 Å². The van der Waals surface area contributed by atoms with Crippen molar-refractivity contribution in [3.63, 3.8) is 0 Å². The summed E-state index contributed by atoms with van der Waals surface area (Å²) >= 11 is 0. The van der Waals surface area contributed by atoms with Gasteiger partial charge >= 0.3 is 0 Å². The van der Waals surface area contributed by atoms with E-state index in [2.05, 4.69) is 6.07 Å². The number of hydrogen-bond acceptors (Lipinski definition) is 2.